The van der Waals surface area contributed by atoms with E-state index in [-0.39, 0.29) is 5.78 Å². The Morgan fingerprint density at radius 2 is 1.90 bits per heavy atom. The van der Waals surface area contributed by atoms with Gasteiger partial charge >= 0.3 is 0 Å². The average Bonchev–Trinajstić information content (AvgIpc) is 2.44. The smallest absolute Gasteiger partial charge is 0.176 e. The third-order valence-electron chi connectivity index (χ3n) is 4.65. The molecular weight excluding hydrogens is 260 g/mol. The van der Waals surface area contributed by atoms with Crippen LogP contribution < -0.4 is 0 Å². The molecule has 0 bridgehead atoms. The number of hydrogen-bond acceptors (Lipinski definition) is 3. The van der Waals surface area contributed by atoms with Gasteiger partial charge in [0.15, 0.2) is 5.78 Å². The highest BCUT2D eigenvalue weighted by Crippen LogP contribution is 2.17. The van der Waals surface area contributed by atoms with E-state index in [1.807, 2.05) is 18.2 Å². The van der Waals surface area contributed by atoms with Gasteiger partial charge in [-0.3, -0.25) is 9.69 Å². The molecule has 21 heavy (non-hydrogen) atoms. The van der Waals surface area contributed by atoms with E-state index in [2.05, 4.69) is 37.7 Å². The first-order valence-corrected chi connectivity index (χ1v) is 7.93. The zero-order valence-corrected chi connectivity index (χ0v) is 13.9. The third-order valence-corrected chi connectivity index (χ3v) is 4.65. The molecule has 0 unspecified atom stereocenters. The molecular formula is C18H28N2O. The molecule has 0 saturated carbocycles. The summed E-state index contributed by atoms with van der Waals surface area (Å²) >= 11 is 0. The van der Waals surface area contributed by atoms with Gasteiger partial charge in [-0.05, 0) is 77.0 Å². The quantitative estimate of drug-likeness (QED) is 0.778. The van der Waals surface area contributed by atoms with Crippen LogP contribution in [0.3, 0.4) is 0 Å². The number of hydrogen-bond donors (Lipinski definition) is 0. The summed E-state index contributed by atoms with van der Waals surface area (Å²) in [6.07, 6.45) is 2.50. The Labute approximate surface area is 128 Å². The second-order valence-electron chi connectivity index (χ2n) is 6.67. The minimum atomic E-state index is 0.230. The molecule has 0 aromatic heterocycles. The Balaban J connectivity index is 1.85. The van der Waals surface area contributed by atoms with Crippen molar-refractivity contribution in [3.8, 4) is 0 Å². The van der Waals surface area contributed by atoms with E-state index in [4.69, 9.17) is 0 Å². The minimum Gasteiger partial charge on any atom is -0.306 e. The van der Waals surface area contributed by atoms with Crippen LogP contribution >= 0.6 is 0 Å². The highest BCUT2D eigenvalue weighted by Gasteiger charge is 2.19. The van der Waals surface area contributed by atoms with Crippen molar-refractivity contribution in [3.63, 3.8) is 0 Å². The second-order valence-corrected chi connectivity index (χ2v) is 6.67. The number of benzene rings is 1. The normalized spacial score (nSPS) is 17.4. The number of likely N-dealkylation sites (N-methyl/N-ethyl adjacent to an activating group) is 1. The van der Waals surface area contributed by atoms with Gasteiger partial charge < -0.3 is 4.90 Å². The third kappa shape index (κ3) is 4.65. The van der Waals surface area contributed by atoms with Crippen molar-refractivity contribution in [2.45, 2.75) is 26.7 Å². The number of ketones is 1. The van der Waals surface area contributed by atoms with Crippen LogP contribution in [0.15, 0.2) is 18.2 Å². The fraction of sp³-hybridized carbons (Fsp3) is 0.611. The maximum atomic E-state index is 12.4. The largest absolute Gasteiger partial charge is 0.306 e. The molecule has 116 valence electrons. The lowest BCUT2D eigenvalue weighted by Gasteiger charge is -2.31. The summed E-state index contributed by atoms with van der Waals surface area (Å²) in [6, 6.07) is 6.01. The predicted molar refractivity (Wildman–Crippen MR) is 88.0 cm³/mol. The molecule has 0 atom stereocenters. The summed E-state index contributed by atoms with van der Waals surface area (Å²) in [5, 5.41) is 0. The maximum absolute atomic E-state index is 12.4. The summed E-state index contributed by atoms with van der Waals surface area (Å²) in [4.78, 5) is 16.9. The number of piperidine rings is 1. The number of aryl methyl sites for hydroxylation is 2. The lowest BCUT2D eigenvalue weighted by Crippen LogP contribution is -2.37. The lowest BCUT2D eigenvalue weighted by molar-refractivity contribution is 0.0924. The topological polar surface area (TPSA) is 23.6 Å². The minimum absolute atomic E-state index is 0.230. The summed E-state index contributed by atoms with van der Waals surface area (Å²) in [7, 11) is 4.25. The Morgan fingerprint density at radius 3 is 2.52 bits per heavy atom. The van der Waals surface area contributed by atoms with Crippen LogP contribution in [0.5, 0.6) is 0 Å². The van der Waals surface area contributed by atoms with Gasteiger partial charge in [0, 0.05) is 12.1 Å². The highest BCUT2D eigenvalue weighted by atomic mass is 16.1. The van der Waals surface area contributed by atoms with Gasteiger partial charge in [-0.25, -0.2) is 0 Å². The molecule has 0 spiro atoms. The first-order valence-electron chi connectivity index (χ1n) is 7.93. The monoisotopic (exact) mass is 288 g/mol. The zero-order chi connectivity index (χ0) is 15.4. The summed E-state index contributed by atoms with van der Waals surface area (Å²) < 4.78 is 0. The first kappa shape index (κ1) is 16.2. The molecule has 1 aromatic rings. The molecule has 3 nitrogen and oxygen atoms in total. The molecule has 1 saturated heterocycles. The molecule has 3 heteroatoms. The van der Waals surface area contributed by atoms with Gasteiger partial charge in [-0.2, -0.15) is 0 Å². The number of carbonyl (C=O) groups is 1. The number of rotatable bonds is 5. The van der Waals surface area contributed by atoms with E-state index < -0.39 is 0 Å². The van der Waals surface area contributed by atoms with Crippen molar-refractivity contribution in [2.24, 2.45) is 5.92 Å². The Hall–Kier alpha value is -1.19. The van der Waals surface area contributed by atoms with Crippen molar-refractivity contribution in [1.82, 2.24) is 9.80 Å². The summed E-state index contributed by atoms with van der Waals surface area (Å²) in [5.74, 6) is 0.965. The first-order chi connectivity index (χ1) is 9.95. The summed E-state index contributed by atoms with van der Waals surface area (Å²) in [6.45, 7) is 8.07. The molecule has 0 aliphatic carbocycles. The van der Waals surface area contributed by atoms with E-state index >= 15 is 0 Å². The molecule has 1 heterocycles. The van der Waals surface area contributed by atoms with Crippen LogP contribution in [-0.2, 0) is 0 Å². The molecule has 0 N–H and O–H groups in total. The molecule has 1 fully saturated rings. The zero-order valence-electron chi connectivity index (χ0n) is 13.9. The standard InChI is InChI=1S/C18H28N2O/c1-14-5-6-17(11-15(14)2)18(21)13-20(4)12-16-7-9-19(3)10-8-16/h5-6,11,16H,7-10,12-13H2,1-4H3. The maximum Gasteiger partial charge on any atom is 0.176 e. The van der Waals surface area contributed by atoms with Crippen molar-refractivity contribution in [1.29, 1.82) is 0 Å². The van der Waals surface area contributed by atoms with Crippen LogP contribution in [0.4, 0.5) is 0 Å². The Morgan fingerprint density at radius 1 is 1.24 bits per heavy atom. The van der Waals surface area contributed by atoms with E-state index in [1.165, 1.54) is 37.1 Å². The Kier molecular flexibility index (Phi) is 5.54. The Bertz CT molecular complexity index is 490. The fourth-order valence-corrected chi connectivity index (χ4v) is 3.00. The number of likely N-dealkylation sites (tertiary alicyclic amines) is 1. The molecule has 0 amide bonds. The number of carbonyl (C=O) groups excluding carboxylic acids is 1. The fourth-order valence-electron chi connectivity index (χ4n) is 3.00. The van der Waals surface area contributed by atoms with Gasteiger partial charge in [0.25, 0.3) is 0 Å². The van der Waals surface area contributed by atoms with Crippen LogP contribution in [0.1, 0.15) is 34.3 Å². The van der Waals surface area contributed by atoms with Gasteiger partial charge in [-0.15, -0.1) is 0 Å². The number of Topliss-reactive ketones (excluding diaryl/α,β-unsaturated/α-hetero) is 1. The van der Waals surface area contributed by atoms with Crippen molar-refractivity contribution >= 4 is 5.78 Å². The molecule has 1 aromatic carbocycles. The van der Waals surface area contributed by atoms with Crippen molar-refractivity contribution in [3.05, 3.63) is 34.9 Å². The van der Waals surface area contributed by atoms with Crippen molar-refractivity contribution in [2.75, 3.05) is 40.3 Å². The average molecular weight is 288 g/mol. The van der Waals surface area contributed by atoms with Gasteiger partial charge in [0.1, 0.15) is 0 Å². The lowest BCUT2D eigenvalue weighted by atomic mass is 9.96. The summed E-state index contributed by atoms with van der Waals surface area (Å²) in [5.41, 5.74) is 3.28. The van der Waals surface area contributed by atoms with Crippen LogP contribution in [0, 0.1) is 19.8 Å². The van der Waals surface area contributed by atoms with E-state index in [9.17, 15) is 4.79 Å². The van der Waals surface area contributed by atoms with Crippen LogP contribution in [-0.4, -0.2) is 55.9 Å². The molecule has 1 aliphatic heterocycles. The molecule has 1 aliphatic rings. The van der Waals surface area contributed by atoms with Crippen molar-refractivity contribution < 1.29 is 4.79 Å². The van der Waals surface area contributed by atoms with Gasteiger partial charge in [0.2, 0.25) is 0 Å². The SMILES string of the molecule is Cc1ccc(C(=O)CN(C)CC2CCN(C)CC2)cc1C. The van der Waals surface area contributed by atoms with Gasteiger partial charge in [-0.1, -0.05) is 12.1 Å². The van der Waals surface area contributed by atoms with Gasteiger partial charge in [0.05, 0.1) is 6.54 Å². The van der Waals surface area contributed by atoms with E-state index in [0.29, 0.717) is 6.54 Å². The van der Waals surface area contributed by atoms with E-state index in [0.717, 1.165) is 18.0 Å². The highest BCUT2D eigenvalue weighted by molar-refractivity contribution is 5.97. The van der Waals surface area contributed by atoms with Crippen LogP contribution in [0.25, 0.3) is 0 Å². The predicted octanol–water partition coefficient (Wildman–Crippen LogP) is 2.76. The van der Waals surface area contributed by atoms with Crippen LogP contribution in [0.2, 0.25) is 0 Å². The van der Waals surface area contributed by atoms with E-state index in [1.54, 1.807) is 0 Å². The number of nitrogens with zero attached hydrogens (tertiary/aromatic N) is 2. The second kappa shape index (κ2) is 7.19. The molecule has 0 radical (unpaired) electrons. The molecule has 2 rings (SSSR count).